The molecule has 0 aliphatic heterocycles. The Labute approximate surface area is 143 Å². The molecular weight excluding hydrogens is 326 g/mol. The van der Waals surface area contributed by atoms with Crippen LogP contribution in [0.5, 0.6) is 0 Å². The molecule has 1 aromatic carbocycles. The molecule has 0 aromatic heterocycles. The molecule has 1 amide bonds. The number of hydrogen-bond acceptors (Lipinski definition) is 4. The number of nitrogens with one attached hydrogen (secondary N) is 1. The first-order valence-corrected chi connectivity index (χ1v) is 10.0. The van der Waals surface area contributed by atoms with E-state index in [0.717, 1.165) is 31.2 Å². The highest BCUT2D eigenvalue weighted by atomic mass is 32.2. The summed E-state index contributed by atoms with van der Waals surface area (Å²) in [5.74, 6) is 1.07. The molecule has 0 radical (unpaired) electrons. The number of primary sulfonamides is 1. The van der Waals surface area contributed by atoms with Gasteiger partial charge in [-0.15, -0.1) is 0 Å². The third-order valence-corrected chi connectivity index (χ3v) is 6.43. The maximum absolute atomic E-state index is 12.5. The number of nitrogens with two attached hydrogens (primary N) is 2. The lowest BCUT2D eigenvalue weighted by molar-refractivity contribution is -0.128. The summed E-state index contributed by atoms with van der Waals surface area (Å²) < 4.78 is 22.5. The van der Waals surface area contributed by atoms with Gasteiger partial charge in [-0.1, -0.05) is 18.6 Å². The SMILES string of the molecule is NC1C2CCCC1CC(C(=O)NCc1ccc(S(N)(=O)=O)cc1)C2. The van der Waals surface area contributed by atoms with Gasteiger partial charge in [0.2, 0.25) is 15.9 Å². The van der Waals surface area contributed by atoms with Crippen molar-refractivity contribution in [1.29, 1.82) is 0 Å². The van der Waals surface area contributed by atoms with Crippen molar-refractivity contribution in [2.45, 2.75) is 49.6 Å². The average Bonchev–Trinajstić information content (AvgIpc) is 2.52. The minimum absolute atomic E-state index is 0.0452. The molecular formula is C17H25N3O3S. The van der Waals surface area contributed by atoms with Crippen LogP contribution in [0.3, 0.4) is 0 Å². The van der Waals surface area contributed by atoms with Crippen LogP contribution >= 0.6 is 0 Å². The van der Waals surface area contributed by atoms with Crippen LogP contribution in [0, 0.1) is 17.8 Å². The third kappa shape index (κ3) is 3.79. The molecule has 2 aliphatic carbocycles. The summed E-state index contributed by atoms with van der Waals surface area (Å²) >= 11 is 0. The molecule has 2 atom stereocenters. The highest BCUT2D eigenvalue weighted by Gasteiger charge is 2.40. The molecule has 2 saturated carbocycles. The quantitative estimate of drug-likeness (QED) is 0.753. The smallest absolute Gasteiger partial charge is 0.238 e. The van der Waals surface area contributed by atoms with E-state index in [1.54, 1.807) is 12.1 Å². The first-order valence-electron chi connectivity index (χ1n) is 8.49. The zero-order chi connectivity index (χ0) is 17.3. The van der Waals surface area contributed by atoms with E-state index >= 15 is 0 Å². The van der Waals surface area contributed by atoms with E-state index < -0.39 is 10.0 Å². The van der Waals surface area contributed by atoms with Crippen LogP contribution < -0.4 is 16.2 Å². The molecule has 1 aromatic rings. The number of fused-ring (bicyclic) bond motifs is 2. The molecule has 2 unspecified atom stereocenters. The molecule has 132 valence electrons. The van der Waals surface area contributed by atoms with Crippen LogP contribution in [0.2, 0.25) is 0 Å². The summed E-state index contributed by atoms with van der Waals surface area (Å²) in [4.78, 5) is 12.5. The molecule has 5 N–H and O–H groups in total. The van der Waals surface area contributed by atoms with E-state index in [0.29, 0.717) is 18.4 Å². The van der Waals surface area contributed by atoms with Gasteiger partial charge in [-0.3, -0.25) is 4.79 Å². The molecule has 7 heteroatoms. The fraction of sp³-hybridized carbons (Fsp3) is 0.588. The van der Waals surface area contributed by atoms with Crippen LogP contribution in [0.15, 0.2) is 29.2 Å². The van der Waals surface area contributed by atoms with E-state index in [2.05, 4.69) is 5.32 Å². The van der Waals surface area contributed by atoms with Crippen molar-refractivity contribution in [2.75, 3.05) is 0 Å². The fourth-order valence-electron chi connectivity index (χ4n) is 4.13. The number of sulfonamides is 1. The normalized spacial score (nSPS) is 29.9. The minimum atomic E-state index is -3.68. The van der Waals surface area contributed by atoms with Crippen molar-refractivity contribution in [3.05, 3.63) is 29.8 Å². The second kappa shape index (κ2) is 6.82. The van der Waals surface area contributed by atoms with E-state index in [-0.39, 0.29) is 22.8 Å². The Balaban J connectivity index is 1.56. The van der Waals surface area contributed by atoms with Crippen molar-refractivity contribution >= 4 is 15.9 Å². The Morgan fingerprint density at radius 1 is 1.12 bits per heavy atom. The first kappa shape index (κ1) is 17.4. The van der Waals surface area contributed by atoms with Crippen molar-refractivity contribution in [3.8, 4) is 0 Å². The van der Waals surface area contributed by atoms with Crippen molar-refractivity contribution < 1.29 is 13.2 Å². The number of rotatable bonds is 4. The maximum Gasteiger partial charge on any atom is 0.238 e. The molecule has 2 fully saturated rings. The maximum atomic E-state index is 12.5. The van der Waals surface area contributed by atoms with Gasteiger partial charge in [-0.2, -0.15) is 0 Å². The summed E-state index contributed by atoms with van der Waals surface area (Å²) in [5.41, 5.74) is 7.12. The van der Waals surface area contributed by atoms with E-state index in [1.807, 2.05) is 0 Å². The Hall–Kier alpha value is -1.44. The number of hydrogen-bond donors (Lipinski definition) is 3. The standard InChI is InChI=1S/C17H25N3O3S/c18-16-12-2-1-3-13(16)9-14(8-12)17(21)20-10-11-4-6-15(7-5-11)24(19,22)23/h4-7,12-14,16H,1-3,8-10,18H2,(H,20,21)(H2,19,22,23). The first-order chi connectivity index (χ1) is 11.3. The topological polar surface area (TPSA) is 115 Å². The van der Waals surface area contributed by atoms with Gasteiger partial charge in [-0.05, 0) is 55.2 Å². The zero-order valence-corrected chi connectivity index (χ0v) is 14.5. The average molecular weight is 351 g/mol. The molecule has 0 spiro atoms. The van der Waals surface area contributed by atoms with Crippen LogP contribution in [0.25, 0.3) is 0 Å². The minimum Gasteiger partial charge on any atom is -0.352 e. The summed E-state index contributed by atoms with van der Waals surface area (Å²) in [7, 11) is -3.68. The lowest BCUT2D eigenvalue weighted by Gasteiger charge is -2.43. The number of benzene rings is 1. The van der Waals surface area contributed by atoms with E-state index in [9.17, 15) is 13.2 Å². The third-order valence-electron chi connectivity index (χ3n) is 5.50. The van der Waals surface area contributed by atoms with Gasteiger partial charge in [-0.25, -0.2) is 13.6 Å². The highest BCUT2D eigenvalue weighted by Crippen LogP contribution is 2.41. The van der Waals surface area contributed by atoms with Gasteiger partial charge < -0.3 is 11.1 Å². The van der Waals surface area contributed by atoms with Crippen LogP contribution in [0.1, 0.15) is 37.7 Å². The van der Waals surface area contributed by atoms with E-state index in [1.165, 1.54) is 18.6 Å². The summed E-state index contributed by atoms with van der Waals surface area (Å²) in [5, 5.41) is 8.05. The van der Waals surface area contributed by atoms with Gasteiger partial charge in [0.05, 0.1) is 4.90 Å². The summed E-state index contributed by atoms with van der Waals surface area (Å²) in [6.45, 7) is 0.390. The zero-order valence-electron chi connectivity index (χ0n) is 13.6. The lowest BCUT2D eigenvalue weighted by atomic mass is 9.65. The van der Waals surface area contributed by atoms with E-state index in [4.69, 9.17) is 10.9 Å². The number of amides is 1. The molecule has 3 rings (SSSR count). The van der Waals surface area contributed by atoms with Crippen LogP contribution in [-0.4, -0.2) is 20.4 Å². The van der Waals surface area contributed by atoms with Gasteiger partial charge in [0.1, 0.15) is 0 Å². The molecule has 24 heavy (non-hydrogen) atoms. The fourth-order valence-corrected chi connectivity index (χ4v) is 4.65. The van der Waals surface area contributed by atoms with Crippen molar-refractivity contribution in [3.63, 3.8) is 0 Å². The summed E-state index contributed by atoms with van der Waals surface area (Å²) in [6.07, 6.45) is 5.27. The molecule has 6 nitrogen and oxygen atoms in total. The predicted octanol–water partition coefficient (Wildman–Crippen LogP) is 1.10. The Morgan fingerprint density at radius 3 is 2.25 bits per heavy atom. The molecule has 2 aliphatic rings. The number of carbonyl (C=O) groups excluding carboxylic acids is 1. The van der Waals surface area contributed by atoms with Gasteiger partial charge in [0.25, 0.3) is 0 Å². The van der Waals surface area contributed by atoms with Gasteiger partial charge >= 0.3 is 0 Å². The Morgan fingerprint density at radius 2 is 1.71 bits per heavy atom. The second-order valence-electron chi connectivity index (χ2n) is 7.10. The van der Waals surface area contributed by atoms with Crippen LogP contribution in [-0.2, 0) is 21.4 Å². The molecule has 2 bridgehead atoms. The monoisotopic (exact) mass is 351 g/mol. The molecule has 0 heterocycles. The van der Waals surface area contributed by atoms with Gasteiger partial charge in [0.15, 0.2) is 0 Å². The Bertz CT molecular complexity index is 688. The lowest BCUT2D eigenvalue weighted by Crippen LogP contribution is -2.49. The predicted molar refractivity (Wildman–Crippen MR) is 91.2 cm³/mol. The Kier molecular flexibility index (Phi) is 4.94. The van der Waals surface area contributed by atoms with Crippen molar-refractivity contribution in [2.24, 2.45) is 28.6 Å². The second-order valence-corrected chi connectivity index (χ2v) is 8.66. The highest BCUT2D eigenvalue weighted by molar-refractivity contribution is 7.89. The molecule has 0 saturated heterocycles. The largest absolute Gasteiger partial charge is 0.352 e. The van der Waals surface area contributed by atoms with Gasteiger partial charge in [0, 0.05) is 18.5 Å². The van der Waals surface area contributed by atoms with Crippen molar-refractivity contribution in [1.82, 2.24) is 5.32 Å². The number of carbonyl (C=O) groups is 1. The van der Waals surface area contributed by atoms with Crippen LogP contribution in [0.4, 0.5) is 0 Å². The summed E-state index contributed by atoms with van der Waals surface area (Å²) in [6, 6.07) is 6.52.